The van der Waals surface area contributed by atoms with Crippen molar-refractivity contribution in [2.45, 2.75) is 50.2 Å². The van der Waals surface area contributed by atoms with Crippen molar-refractivity contribution in [2.75, 3.05) is 13.2 Å². The Labute approximate surface area is 124 Å². The lowest BCUT2D eigenvalue weighted by molar-refractivity contribution is 0.0132. The van der Waals surface area contributed by atoms with E-state index in [2.05, 4.69) is 45.5 Å². The molecule has 1 aromatic carbocycles. The number of ether oxygens (including phenoxy) is 1. The minimum Gasteiger partial charge on any atom is -0.377 e. The first-order valence-corrected chi connectivity index (χ1v) is 8.21. The number of hydrogen-bond acceptors (Lipinski definition) is 2. The highest BCUT2D eigenvalue weighted by atomic mass is 79.9. The predicted octanol–water partition coefficient (Wildman–Crippen LogP) is 3.85. The second kappa shape index (κ2) is 6.38. The molecule has 0 aromatic heterocycles. The summed E-state index contributed by atoms with van der Waals surface area (Å²) in [5.74, 6) is 0.738. The van der Waals surface area contributed by atoms with Crippen molar-refractivity contribution in [1.82, 2.24) is 5.32 Å². The Bertz CT molecular complexity index is 411. The summed E-state index contributed by atoms with van der Waals surface area (Å²) in [4.78, 5) is 0. The summed E-state index contributed by atoms with van der Waals surface area (Å²) in [5, 5.41) is 3.67. The van der Waals surface area contributed by atoms with Gasteiger partial charge in [0.25, 0.3) is 0 Å². The third-order valence-electron chi connectivity index (χ3n) is 4.37. The maximum atomic E-state index is 5.76. The minimum atomic E-state index is 0.457. The molecule has 1 aromatic rings. The van der Waals surface area contributed by atoms with E-state index in [1.165, 1.54) is 42.1 Å². The van der Waals surface area contributed by atoms with Crippen molar-refractivity contribution in [3.8, 4) is 0 Å². The molecule has 0 spiro atoms. The lowest BCUT2D eigenvalue weighted by atomic mass is 9.76. The summed E-state index contributed by atoms with van der Waals surface area (Å²) in [6.07, 6.45) is 6.79. The van der Waals surface area contributed by atoms with E-state index in [9.17, 15) is 0 Å². The van der Waals surface area contributed by atoms with Crippen molar-refractivity contribution >= 4 is 15.9 Å². The molecule has 0 radical (unpaired) electrons. The third-order valence-corrected chi connectivity index (χ3v) is 4.86. The van der Waals surface area contributed by atoms with E-state index in [-0.39, 0.29) is 0 Å². The Morgan fingerprint density at radius 2 is 2.16 bits per heavy atom. The predicted molar refractivity (Wildman–Crippen MR) is 81.5 cm³/mol. The fraction of sp³-hybridized carbons (Fsp3) is 0.625. The number of halogens is 1. The molecular weight excluding hydrogens is 302 g/mol. The van der Waals surface area contributed by atoms with Crippen LogP contribution in [0.15, 0.2) is 28.7 Å². The van der Waals surface area contributed by atoms with Crippen molar-refractivity contribution in [1.29, 1.82) is 0 Å². The second-order valence-corrected chi connectivity index (χ2v) is 6.73. The Kier molecular flexibility index (Phi) is 4.57. The van der Waals surface area contributed by atoms with Crippen LogP contribution in [0.5, 0.6) is 0 Å². The molecule has 1 saturated heterocycles. The average molecular weight is 324 g/mol. The summed E-state index contributed by atoms with van der Waals surface area (Å²) in [7, 11) is 0. The molecule has 2 aliphatic rings. The molecule has 104 valence electrons. The average Bonchev–Trinajstić information content (AvgIpc) is 2.38. The van der Waals surface area contributed by atoms with Gasteiger partial charge in [-0.1, -0.05) is 28.1 Å². The molecule has 1 N–H and O–H groups in total. The van der Waals surface area contributed by atoms with Crippen LogP contribution in [0.4, 0.5) is 0 Å². The highest BCUT2D eigenvalue weighted by molar-refractivity contribution is 9.10. The zero-order valence-electron chi connectivity index (χ0n) is 11.3. The van der Waals surface area contributed by atoms with Gasteiger partial charge in [-0.05, 0) is 55.7 Å². The zero-order valence-corrected chi connectivity index (χ0v) is 12.9. The fourth-order valence-corrected chi connectivity index (χ4v) is 3.50. The molecule has 2 nitrogen and oxygen atoms in total. The van der Waals surface area contributed by atoms with Crippen LogP contribution in [0, 0.1) is 0 Å². The van der Waals surface area contributed by atoms with Gasteiger partial charge in [0.2, 0.25) is 0 Å². The van der Waals surface area contributed by atoms with Gasteiger partial charge in [0.1, 0.15) is 0 Å². The largest absolute Gasteiger partial charge is 0.377 e. The summed E-state index contributed by atoms with van der Waals surface area (Å²) < 4.78 is 6.95. The number of benzene rings is 1. The summed E-state index contributed by atoms with van der Waals surface area (Å²) in [6, 6.07) is 9.42. The Hall–Kier alpha value is -0.380. The molecule has 19 heavy (non-hydrogen) atoms. The molecule has 3 rings (SSSR count). The van der Waals surface area contributed by atoms with Gasteiger partial charge in [-0.3, -0.25) is 0 Å². The summed E-state index contributed by atoms with van der Waals surface area (Å²) >= 11 is 3.55. The maximum absolute atomic E-state index is 5.76. The van der Waals surface area contributed by atoms with Gasteiger partial charge in [0.05, 0.1) is 6.10 Å². The molecule has 1 saturated carbocycles. The smallest absolute Gasteiger partial charge is 0.0699 e. The minimum absolute atomic E-state index is 0.457. The van der Waals surface area contributed by atoms with E-state index in [0.717, 1.165) is 19.1 Å². The first-order valence-electron chi connectivity index (χ1n) is 7.42. The first kappa shape index (κ1) is 13.6. The highest BCUT2D eigenvalue weighted by Crippen LogP contribution is 2.37. The van der Waals surface area contributed by atoms with E-state index in [0.29, 0.717) is 12.1 Å². The zero-order chi connectivity index (χ0) is 13.1. The quantitative estimate of drug-likeness (QED) is 0.908. The van der Waals surface area contributed by atoms with Crippen molar-refractivity contribution in [2.24, 2.45) is 0 Å². The number of nitrogens with one attached hydrogen (secondary N) is 1. The highest BCUT2D eigenvalue weighted by Gasteiger charge is 2.30. The van der Waals surface area contributed by atoms with Gasteiger partial charge in [0.15, 0.2) is 0 Å². The topological polar surface area (TPSA) is 21.3 Å². The van der Waals surface area contributed by atoms with Crippen LogP contribution in [0.25, 0.3) is 0 Å². The molecular formula is C16H22BrNO. The van der Waals surface area contributed by atoms with Crippen LogP contribution < -0.4 is 5.32 Å². The van der Waals surface area contributed by atoms with E-state index in [4.69, 9.17) is 4.74 Å². The lowest BCUT2D eigenvalue weighted by Crippen LogP contribution is -2.44. The number of hydrogen-bond donors (Lipinski definition) is 1. The molecule has 1 aliphatic carbocycles. The molecule has 1 atom stereocenters. The SMILES string of the molecule is Brc1cccc(C2CC(NCC3CCCCO3)C2)c1. The summed E-state index contributed by atoms with van der Waals surface area (Å²) in [6.45, 7) is 1.99. The lowest BCUT2D eigenvalue weighted by Gasteiger charge is -2.37. The Morgan fingerprint density at radius 3 is 2.89 bits per heavy atom. The summed E-state index contributed by atoms with van der Waals surface area (Å²) in [5.41, 5.74) is 1.47. The monoisotopic (exact) mass is 323 g/mol. The van der Waals surface area contributed by atoms with Gasteiger partial charge >= 0.3 is 0 Å². The van der Waals surface area contributed by atoms with E-state index < -0.39 is 0 Å². The van der Waals surface area contributed by atoms with Crippen LogP contribution in [0.2, 0.25) is 0 Å². The Morgan fingerprint density at radius 1 is 1.26 bits per heavy atom. The van der Waals surface area contributed by atoms with Gasteiger partial charge in [-0.25, -0.2) is 0 Å². The van der Waals surface area contributed by atoms with Crippen LogP contribution in [0.3, 0.4) is 0 Å². The molecule has 0 bridgehead atoms. The van der Waals surface area contributed by atoms with Crippen LogP contribution in [-0.4, -0.2) is 25.3 Å². The molecule has 1 heterocycles. The maximum Gasteiger partial charge on any atom is 0.0699 e. The van der Waals surface area contributed by atoms with Gasteiger partial charge in [-0.15, -0.1) is 0 Å². The molecule has 3 heteroatoms. The second-order valence-electron chi connectivity index (χ2n) is 5.82. The molecule has 1 unspecified atom stereocenters. The van der Waals surface area contributed by atoms with Gasteiger partial charge in [0, 0.05) is 23.7 Å². The third kappa shape index (κ3) is 3.59. The van der Waals surface area contributed by atoms with Gasteiger partial charge < -0.3 is 10.1 Å². The van der Waals surface area contributed by atoms with Crippen molar-refractivity contribution in [3.05, 3.63) is 34.3 Å². The normalized spacial score (nSPS) is 30.9. The fourth-order valence-electron chi connectivity index (χ4n) is 3.08. The van der Waals surface area contributed by atoms with Crippen LogP contribution in [-0.2, 0) is 4.74 Å². The van der Waals surface area contributed by atoms with Crippen molar-refractivity contribution < 1.29 is 4.74 Å². The van der Waals surface area contributed by atoms with Crippen LogP contribution in [0.1, 0.15) is 43.6 Å². The van der Waals surface area contributed by atoms with E-state index >= 15 is 0 Å². The van der Waals surface area contributed by atoms with Gasteiger partial charge in [-0.2, -0.15) is 0 Å². The standard InChI is InChI=1S/C16H22BrNO/c17-14-5-3-4-12(8-14)13-9-15(10-13)18-11-16-6-1-2-7-19-16/h3-5,8,13,15-16,18H,1-2,6-7,9-11H2. The van der Waals surface area contributed by atoms with E-state index in [1.807, 2.05) is 0 Å². The Balaban J connectivity index is 1.40. The molecule has 0 amide bonds. The van der Waals surface area contributed by atoms with Crippen molar-refractivity contribution in [3.63, 3.8) is 0 Å². The van der Waals surface area contributed by atoms with Crippen LogP contribution >= 0.6 is 15.9 Å². The number of rotatable bonds is 4. The molecule has 2 fully saturated rings. The molecule has 1 aliphatic heterocycles. The van der Waals surface area contributed by atoms with E-state index in [1.54, 1.807) is 0 Å². The first-order chi connectivity index (χ1) is 9.31.